The Morgan fingerprint density at radius 1 is 1.19 bits per heavy atom. The zero-order valence-corrected chi connectivity index (χ0v) is 18.5. The number of nitrogens with zero attached hydrogens (tertiary/aromatic N) is 3. The minimum atomic E-state index is -0.240. The molecule has 3 aliphatic carbocycles. The number of aromatic nitrogens is 3. The summed E-state index contributed by atoms with van der Waals surface area (Å²) >= 11 is 0. The predicted molar refractivity (Wildman–Crippen MR) is 125 cm³/mol. The first kappa shape index (κ1) is 21.3. The number of anilines is 1. The summed E-state index contributed by atoms with van der Waals surface area (Å²) in [5.41, 5.74) is 9.83. The maximum Gasteiger partial charge on any atom is 0.273 e. The first-order chi connectivity index (χ1) is 15.1. The van der Waals surface area contributed by atoms with E-state index in [1.807, 2.05) is 12.2 Å². The highest BCUT2D eigenvalue weighted by molar-refractivity contribution is 5.91. The molecule has 162 valence electrons. The Balaban J connectivity index is 0.000000730. The third-order valence-electron chi connectivity index (χ3n) is 6.04. The largest absolute Gasteiger partial charge is 0.368 e. The van der Waals surface area contributed by atoms with E-state index in [2.05, 4.69) is 60.3 Å². The van der Waals surface area contributed by atoms with Gasteiger partial charge in [-0.25, -0.2) is 0 Å². The van der Waals surface area contributed by atoms with Crippen molar-refractivity contribution in [1.82, 2.24) is 14.8 Å². The van der Waals surface area contributed by atoms with Gasteiger partial charge >= 0.3 is 0 Å². The molecule has 1 aromatic carbocycles. The Kier molecular flexibility index (Phi) is 6.50. The minimum absolute atomic E-state index is 0.142. The second kappa shape index (κ2) is 9.46. The fraction of sp³-hybridized carbons (Fsp3) is 0.423. The highest BCUT2D eigenvalue weighted by Crippen LogP contribution is 2.45. The van der Waals surface area contributed by atoms with Crippen molar-refractivity contribution in [3.05, 3.63) is 71.6 Å². The van der Waals surface area contributed by atoms with Crippen LogP contribution in [-0.2, 0) is 12.8 Å². The van der Waals surface area contributed by atoms with Gasteiger partial charge in [0, 0.05) is 11.6 Å². The van der Waals surface area contributed by atoms with E-state index in [0.29, 0.717) is 23.6 Å². The van der Waals surface area contributed by atoms with Crippen molar-refractivity contribution in [2.24, 2.45) is 17.8 Å². The Morgan fingerprint density at radius 2 is 1.90 bits per heavy atom. The van der Waals surface area contributed by atoms with E-state index in [0.717, 1.165) is 31.3 Å². The average molecular weight is 417 g/mol. The lowest BCUT2D eigenvalue weighted by molar-refractivity contribution is 0.0956. The van der Waals surface area contributed by atoms with Crippen LogP contribution in [0.2, 0.25) is 0 Å². The smallest absolute Gasteiger partial charge is 0.273 e. The van der Waals surface area contributed by atoms with Crippen molar-refractivity contribution in [2.75, 3.05) is 5.73 Å². The highest BCUT2D eigenvalue weighted by Gasteiger charge is 2.35. The number of carbonyl (C=O) groups excluding carboxylic acids is 1. The highest BCUT2D eigenvalue weighted by atomic mass is 16.2. The van der Waals surface area contributed by atoms with Crippen molar-refractivity contribution in [1.29, 1.82) is 0 Å². The second-order valence-corrected chi connectivity index (χ2v) is 8.82. The van der Waals surface area contributed by atoms with Crippen LogP contribution >= 0.6 is 0 Å². The van der Waals surface area contributed by atoms with E-state index in [9.17, 15) is 4.79 Å². The third kappa shape index (κ3) is 5.04. The lowest BCUT2D eigenvalue weighted by Crippen LogP contribution is -2.12. The Labute approximate surface area is 184 Å². The maximum atomic E-state index is 12.5. The third-order valence-corrected chi connectivity index (χ3v) is 6.04. The summed E-state index contributed by atoms with van der Waals surface area (Å²) < 4.78 is 1.20. The summed E-state index contributed by atoms with van der Waals surface area (Å²) in [5.74, 6) is 2.38. The van der Waals surface area contributed by atoms with Gasteiger partial charge in [-0.15, -0.1) is 5.10 Å². The molecule has 0 saturated heterocycles. The van der Waals surface area contributed by atoms with Crippen molar-refractivity contribution >= 4 is 17.4 Å². The summed E-state index contributed by atoms with van der Waals surface area (Å²) in [6, 6.07) is 8.66. The van der Waals surface area contributed by atoms with Crippen LogP contribution in [0.4, 0.5) is 5.95 Å². The first-order valence-corrected chi connectivity index (χ1v) is 11.5. The van der Waals surface area contributed by atoms with Gasteiger partial charge in [-0.3, -0.25) is 4.79 Å². The van der Waals surface area contributed by atoms with Gasteiger partial charge in [-0.1, -0.05) is 68.8 Å². The zero-order chi connectivity index (χ0) is 21.8. The fourth-order valence-electron chi connectivity index (χ4n) is 4.36. The van der Waals surface area contributed by atoms with Gasteiger partial charge < -0.3 is 5.73 Å². The molecule has 0 aliphatic heterocycles. The monoisotopic (exact) mass is 416 g/mol. The van der Waals surface area contributed by atoms with Crippen LogP contribution in [0, 0.1) is 17.8 Å². The van der Waals surface area contributed by atoms with Crippen LogP contribution in [-0.4, -0.2) is 20.7 Å². The second-order valence-electron chi connectivity index (χ2n) is 8.82. The molecule has 5 rings (SSSR count). The van der Waals surface area contributed by atoms with Crippen LogP contribution in [0.15, 0.2) is 54.6 Å². The Bertz CT molecular complexity index is 1000. The number of benzene rings is 1. The topological polar surface area (TPSA) is 73.8 Å². The normalized spacial score (nSPS) is 21.3. The van der Waals surface area contributed by atoms with Crippen LogP contribution in [0.1, 0.15) is 61.3 Å². The van der Waals surface area contributed by atoms with Crippen molar-refractivity contribution in [3.8, 4) is 0 Å². The van der Waals surface area contributed by atoms with E-state index in [1.54, 1.807) is 6.08 Å². The molecule has 3 aliphatic rings. The van der Waals surface area contributed by atoms with E-state index >= 15 is 0 Å². The molecular formula is C26H32N4O. The first-order valence-electron chi connectivity index (χ1n) is 11.5. The molecule has 0 radical (unpaired) electrons. The number of carbonyl (C=O) groups is 1. The summed E-state index contributed by atoms with van der Waals surface area (Å²) in [4.78, 5) is 16.7. The number of nitrogen functional groups attached to an aromatic ring is 1. The average Bonchev–Trinajstić information content (AvgIpc) is 3.25. The molecular weight excluding hydrogens is 384 g/mol. The van der Waals surface area contributed by atoms with Gasteiger partial charge in [0.25, 0.3) is 5.91 Å². The molecule has 1 aromatic heterocycles. The molecule has 31 heavy (non-hydrogen) atoms. The van der Waals surface area contributed by atoms with E-state index < -0.39 is 0 Å². The molecule has 0 bridgehead atoms. The summed E-state index contributed by atoms with van der Waals surface area (Å²) in [5, 5.41) is 4.33. The Hall–Kier alpha value is -2.95. The molecule has 2 aromatic rings. The Morgan fingerprint density at radius 3 is 2.58 bits per heavy atom. The number of nitrogens with two attached hydrogens (primary N) is 1. The zero-order valence-electron chi connectivity index (χ0n) is 18.5. The lowest BCUT2D eigenvalue weighted by atomic mass is 10.00. The molecule has 5 nitrogen and oxygen atoms in total. The number of rotatable bonds is 5. The number of allylic oxidation sites excluding steroid dienone is 6. The van der Waals surface area contributed by atoms with Crippen LogP contribution in [0.5, 0.6) is 0 Å². The van der Waals surface area contributed by atoms with Crippen LogP contribution < -0.4 is 5.73 Å². The standard InChI is InChI=1S/C23H24N4O.C3H8/c24-23-25-22(19-10-9-18-13-20(18)14-19)26-27(23)21(28)8-4-1-5-15-11-16-6-2-3-7-17(16)12-15;1-3-2/h2-4,6-10,14-15,18,20H,1,5,11-13H2,(H2,24,25,26);3H2,1-2H3/b8-4+;. The molecule has 5 heteroatoms. The molecule has 2 atom stereocenters. The summed E-state index contributed by atoms with van der Waals surface area (Å²) in [6.45, 7) is 4.25. The van der Waals surface area contributed by atoms with Gasteiger partial charge in [0.2, 0.25) is 5.95 Å². The summed E-state index contributed by atoms with van der Waals surface area (Å²) in [7, 11) is 0. The van der Waals surface area contributed by atoms with Crippen molar-refractivity contribution in [2.45, 2.75) is 52.4 Å². The molecule has 0 amide bonds. The SMILES string of the molecule is CCC.Nc1nc(C2=CC3CC3C=C2)nn1C(=O)/C=C/CCC1Cc2ccccc2C1. The number of hydrogen-bond acceptors (Lipinski definition) is 4. The van der Waals surface area contributed by atoms with Crippen LogP contribution in [0.25, 0.3) is 5.57 Å². The number of hydrogen-bond donors (Lipinski definition) is 1. The van der Waals surface area contributed by atoms with Gasteiger partial charge in [0.15, 0.2) is 5.82 Å². The van der Waals surface area contributed by atoms with E-state index in [-0.39, 0.29) is 11.9 Å². The lowest BCUT2D eigenvalue weighted by Gasteiger charge is -2.05. The quantitative estimate of drug-likeness (QED) is 0.675. The van der Waals surface area contributed by atoms with Gasteiger partial charge in [0.1, 0.15) is 0 Å². The van der Waals surface area contributed by atoms with Gasteiger partial charge in [-0.2, -0.15) is 9.67 Å². The maximum absolute atomic E-state index is 12.5. The van der Waals surface area contributed by atoms with Gasteiger partial charge in [0.05, 0.1) is 0 Å². The predicted octanol–water partition coefficient (Wildman–Crippen LogP) is 5.26. The summed E-state index contributed by atoms with van der Waals surface area (Å²) in [6.07, 6.45) is 16.6. The van der Waals surface area contributed by atoms with E-state index in [1.165, 1.54) is 28.7 Å². The van der Waals surface area contributed by atoms with Gasteiger partial charge in [-0.05, 0) is 61.0 Å². The number of fused-ring (bicyclic) bond motifs is 2. The molecule has 1 fully saturated rings. The fourth-order valence-corrected chi connectivity index (χ4v) is 4.36. The van der Waals surface area contributed by atoms with E-state index in [4.69, 9.17) is 5.73 Å². The molecule has 1 saturated carbocycles. The van der Waals surface area contributed by atoms with Crippen molar-refractivity contribution in [3.63, 3.8) is 0 Å². The molecule has 2 N–H and O–H groups in total. The van der Waals surface area contributed by atoms with Crippen molar-refractivity contribution < 1.29 is 4.79 Å². The minimum Gasteiger partial charge on any atom is -0.368 e. The molecule has 1 heterocycles. The molecule has 2 unspecified atom stereocenters. The molecule has 0 spiro atoms. The van der Waals surface area contributed by atoms with Crippen LogP contribution in [0.3, 0.4) is 0 Å².